The Morgan fingerprint density at radius 1 is 1.00 bits per heavy atom. The minimum absolute atomic E-state index is 0.0117. The average Bonchev–Trinajstić information content (AvgIpc) is 2.39. The Morgan fingerprint density at radius 2 is 1.74 bits per heavy atom. The first-order chi connectivity index (χ1) is 9.16. The van der Waals surface area contributed by atoms with Gasteiger partial charge in [0, 0.05) is 5.92 Å². The molecule has 19 heavy (non-hydrogen) atoms. The third kappa shape index (κ3) is 3.92. The lowest BCUT2D eigenvalue weighted by molar-refractivity contribution is -0.116. The zero-order valence-corrected chi connectivity index (χ0v) is 11.9. The maximum atomic E-state index is 12.5. The molecule has 0 saturated carbocycles. The molecule has 0 N–H and O–H groups in total. The number of hydrogen-bond acceptors (Lipinski definition) is 1. The van der Waals surface area contributed by atoms with Crippen molar-refractivity contribution in [3.05, 3.63) is 59.2 Å². The first-order valence-electron chi connectivity index (χ1n) is 7.08. The van der Waals surface area contributed by atoms with Crippen molar-refractivity contribution >= 4 is 5.78 Å². The summed E-state index contributed by atoms with van der Waals surface area (Å²) in [7, 11) is 0. The molecule has 1 atom stereocenters. The fraction of sp³-hybridized carbons (Fsp3) is 0.389. The number of hydrogen-bond donors (Lipinski definition) is 0. The van der Waals surface area contributed by atoms with Gasteiger partial charge in [-0.2, -0.15) is 0 Å². The van der Waals surface area contributed by atoms with Crippen molar-refractivity contribution in [2.45, 2.75) is 45.4 Å². The van der Waals surface area contributed by atoms with Gasteiger partial charge in [0.15, 0.2) is 5.78 Å². The molecular weight excluding hydrogens is 232 g/mol. The highest BCUT2D eigenvalue weighted by atomic mass is 16.1. The van der Waals surface area contributed by atoms with Gasteiger partial charge in [-0.15, -0.1) is 0 Å². The van der Waals surface area contributed by atoms with Crippen LogP contribution in [0.15, 0.2) is 53.6 Å². The molecular formula is C18H22O. The van der Waals surface area contributed by atoms with E-state index in [0.717, 1.165) is 31.2 Å². The zero-order valence-electron chi connectivity index (χ0n) is 11.9. The summed E-state index contributed by atoms with van der Waals surface area (Å²) in [6.07, 6.45) is 8.14. The average molecular weight is 254 g/mol. The number of benzene rings is 1. The summed E-state index contributed by atoms with van der Waals surface area (Å²) < 4.78 is 0. The standard InChI is InChI=1S/C18H22O/c1-14-7-6-8-15(2)13-18(19)17(12-11-14)16-9-4-3-5-10-16/h3-5,7,9-10,13,17H,6,8,11-12H2,1-2H3/b14-7-,15-13-. The number of rotatable bonds is 1. The van der Waals surface area contributed by atoms with Crippen molar-refractivity contribution in [3.63, 3.8) is 0 Å². The molecule has 1 heteroatoms. The van der Waals surface area contributed by atoms with Crippen molar-refractivity contribution in [1.29, 1.82) is 0 Å². The second-order valence-corrected chi connectivity index (χ2v) is 5.48. The Morgan fingerprint density at radius 3 is 2.47 bits per heavy atom. The highest BCUT2D eigenvalue weighted by Gasteiger charge is 2.19. The number of allylic oxidation sites excluding steroid dienone is 4. The molecule has 0 heterocycles. The summed E-state index contributed by atoms with van der Waals surface area (Å²) in [5.41, 5.74) is 3.74. The molecule has 0 saturated heterocycles. The van der Waals surface area contributed by atoms with Crippen LogP contribution in [0.3, 0.4) is 0 Å². The van der Waals surface area contributed by atoms with Crippen LogP contribution in [-0.2, 0) is 4.79 Å². The molecule has 1 aromatic carbocycles. The molecule has 1 aliphatic carbocycles. The molecule has 0 amide bonds. The van der Waals surface area contributed by atoms with Gasteiger partial charge in [0.25, 0.3) is 0 Å². The molecule has 2 rings (SSSR count). The second-order valence-electron chi connectivity index (χ2n) is 5.48. The fourth-order valence-electron chi connectivity index (χ4n) is 2.59. The Bertz CT molecular complexity index is 494. The molecule has 1 aromatic rings. The van der Waals surface area contributed by atoms with Crippen LogP contribution >= 0.6 is 0 Å². The minimum Gasteiger partial charge on any atom is -0.294 e. The van der Waals surface area contributed by atoms with E-state index in [4.69, 9.17) is 0 Å². The molecule has 100 valence electrons. The van der Waals surface area contributed by atoms with Gasteiger partial charge in [-0.05, 0) is 51.2 Å². The van der Waals surface area contributed by atoms with E-state index in [9.17, 15) is 4.79 Å². The maximum absolute atomic E-state index is 12.5. The lowest BCUT2D eigenvalue weighted by Crippen LogP contribution is -2.11. The summed E-state index contributed by atoms with van der Waals surface area (Å²) in [6.45, 7) is 4.23. The Kier molecular flexibility index (Phi) is 4.73. The van der Waals surface area contributed by atoms with Gasteiger partial charge >= 0.3 is 0 Å². The molecule has 0 aromatic heterocycles. The zero-order chi connectivity index (χ0) is 13.7. The van der Waals surface area contributed by atoms with Crippen LogP contribution in [0, 0.1) is 0 Å². The van der Waals surface area contributed by atoms with Gasteiger partial charge in [0.05, 0.1) is 0 Å². The summed E-state index contributed by atoms with van der Waals surface area (Å²) in [6, 6.07) is 10.2. The van der Waals surface area contributed by atoms with Crippen molar-refractivity contribution in [1.82, 2.24) is 0 Å². The van der Waals surface area contributed by atoms with E-state index in [1.807, 2.05) is 24.3 Å². The molecule has 1 nitrogen and oxygen atoms in total. The highest BCUT2D eigenvalue weighted by molar-refractivity contribution is 5.95. The van der Waals surface area contributed by atoms with Gasteiger partial charge < -0.3 is 0 Å². The molecule has 0 spiro atoms. The minimum atomic E-state index is 0.0117. The first kappa shape index (κ1) is 13.8. The van der Waals surface area contributed by atoms with Gasteiger partial charge in [-0.1, -0.05) is 47.6 Å². The molecule has 0 aliphatic heterocycles. The second kappa shape index (κ2) is 6.51. The molecule has 0 radical (unpaired) electrons. The van der Waals surface area contributed by atoms with Crippen LogP contribution in [0.25, 0.3) is 0 Å². The Labute approximate surface area is 116 Å². The van der Waals surface area contributed by atoms with E-state index in [1.54, 1.807) is 0 Å². The van der Waals surface area contributed by atoms with Gasteiger partial charge in [-0.3, -0.25) is 4.79 Å². The van der Waals surface area contributed by atoms with Gasteiger partial charge in [-0.25, -0.2) is 0 Å². The van der Waals surface area contributed by atoms with Crippen molar-refractivity contribution in [2.24, 2.45) is 0 Å². The molecule has 1 aliphatic rings. The van der Waals surface area contributed by atoms with E-state index < -0.39 is 0 Å². The third-order valence-electron chi connectivity index (χ3n) is 3.79. The van der Waals surface area contributed by atoms with E-state index in [0.29, 0.717) is 0 Å². The highest BCUT2D eigenvalue weighted by Crippen LogP contribution is 2.27. The monoisotopic (exact) mass is 254 g/mol. The predicted octanol–water partition coefficient (Wildman–Crippen LogP) is 4.81. The Hall–Kier alpha value is -1.63. The maximum Gasteiger partial charge on any atom is 0.163 e. The molecule has 0 fully saturated rings. The lowest BCUT2D eigenvalue weighted by atomic mass is 9.87. The van der Waals surface area contributed by atoms with Crippen LogP contribution in [0.4, 0.5) is 0 Å². The van der Waals surface area contributed by atoms with E-state index in [1.165, 1.54) is 11.1 Å². The smallest absolute Gasteiger partial charge is 0.163 e. The number of ketones is 1. The Balaban J connectivity index is 2.28. The van der Waals surface area contributed by atoms with E-state index in [2.05, 4.69) is 32.1 Å². The van der Waals surface area contributed by atoms with Gasteiger partial charge in [0.1, 0.15) is 0 Å². The number of carbonyl (C=O) groups excluding carboxylic acids is 1. The van der Waals surface area contributed by atoms with Crippen LogP contribution in [0.5, 0.6) is 0 Å². The topological polar surface area (TPSA) is 17.1 Å². The normalized spacial score (nSPS) is 27.1. The van der Waals surface area contributed by atoms with E-state index in [-0.39, 0.29) is 11.7 Å². The van der Waals surface area contributed by atoms with Crippen LogP contribution in [0.1, 0.15) is 51.0 Å². The number of carbonyl (C=O) groups is 1. The SMILES string of the molecule is C/C1=C/C(=O)C(c2ccccc2)CC/C(C)=C\CC1. The molecule has 1 unspecified atom stereocenters. The van der Waals surface area contributed by atoms with Crippen molar-refractivity contribution in [3.8, 4) is 0 Å². The van der Waals surface area contributed by atoms with Crippen LogP contribution in [-0.4, -0.2) is 5.78 Å². The summed E-state index contributed by atoms with van der Waals surface area (Å²) in [5, 5.41) is 0. The van der Waals surface area contributed by atoms with E-state index >= 15 is 0 Å². The van der Waals surface area contributed by atoms with Crippen molar-refractivity contribution in [2.75, 3.05) is 0 Å². The lowest BCUT2D eigenvalue weighted by Gasteiger charge is -2.16. The summed E-state index contributed by atoms with van der Waals surface area (Å²) in [4.78, 5) is 12.5. The van der Waals surface area contributed by atoms with Crippen LogP contribution < -0.4 is 0 Å². The van der Waals surface area contributed by atoms with Crippen molar-refractivity contribution < 1.29 is 4.79 Å². The van der Waals surface area contributed by atoms with Gasteiger partial charge in [0.2, 0.25) is 0 Å². The fourth-order valence-corrected chi connectivity index (χ4v) is 2.59. The first-order valence-corrected chi connectivity index (χ1v) is 7.08. The van der Waals surface area contributed by atoms with Crippen LogP contribution in [0.2, 0.25) is 0 Å². The quantitative estimate of drug-likeness (QED) is 0.657. The summed E-state index contributed by atoms with van der Waals surface area (Å²) >= 11 is 0. The largest absolute Gasteiger partial charge is 0.294 e. The predicted molar refractivity (Wildman–Crippen MR) is 80.2 cm³/mol. The summed E-state index contributed by atoms with van der Waals surface area (Å²) in [5.74, 6) is 0.274. The third-order valence-corrected chi connectivity index (χ3v) is 3.79. The molecule has 0 bridgehead atoms.